The van der Waals surface area contributed by atoms with E-state index in [2.05, 4.69) is 13.0 Å². The number of fused-ring (bicyclic) bond motifs is 5. The van der Waals surface area contributed by atoms with E-state index in [-0.39, 0.29) is 37.1 Å². The van der Waals surface area contributed by atoms with Crippen LogP contribution in [0.5, 0.6) is 0 Å². The van der Waals surface area contributed by atoms with Crippen LogP contribution in [0.1, 0.15) is 153 Å². The number of hydrogen-bond donors (Lipinski definition) is 6. The van der Waals surface area contributed by atoms with Crippen molar-refractivity contribution >= 4 is 11.8 Å². The molecule has 26 nitrogen and oxygen atoms in total. The second-order valence-electron chi connectivity index (χ2n) is 29.5. The standard InChI is InChI=1S/C69H112O26/c1-32(2)33(3)23-51(72)90-50-30-49-66(10)20-18-41(24-40(66)17-21-68(49,76)69(77)22-19-42(34(4)71)67(50,69)11)88-52-25-43(78-12)60(35(5)83-52)91-53-26-44(79-13)61(36(6)84-53)92-54-27-45(80-14)62(37(7)85-54)93-55-28-46(81-15)63(38(8)86-55)94-56-29-47(82-16)64(39(9)87-56)95-65-59(75)58(74)57(73)48(31-70)89-65/h17,23,32,35-39,41-50,52-65,70,73-77H,18-22,24-31H2,1-16H3/b33-23+/t35-,36-,37-,38-,39-,41+,42+,43+,44+,45-,46+,47-,48-,49-,50-,52+,53+,54+,55+,56+,57-,58+,59-,60-,61-,62-,63-,64-,65+,66+,67+,68+,69-/m1/s1. The highest BCUT2D eigenvalue weighted by Gasteiger charge is 2.77. The van der Waals surface area contributed by atoms with Crippen molar-refractivity contribution < 1.29 is 125 Å². The summed E-state index contributed by atoms with van der Waals surface area (Å²) in [7, 11) is 8.02. The molecule has 95 heavy (non-hydrogen) atoms. The van der Waals surface area contributed by atoms with Gasteiger partial charge in [-0.25, -0.2) is 4.79 Å². The maximum Gasteiger partial charge on any atom is 0.330 e. The number of carbonyl (C=O) groups excluding carboxylic acids is 2. The summed E-state index contributed by atoms with van der Waals surface area (Å²) in [5.74, 6) is -1.50. The van der Waals surface area contributed by atoms with Crippen LogP contribution >= 0.6 is 0 Å². The number of hydrogen-bond acceptors (Lipinski definition) is 26. The van der Waals surface area contributed by atoms with Crippen molar-refractivity contribution in [1.82, 2.24) is 0 Å². The lowest BCUT2D eigenvalue weighted by atomic mass is 9.43. The molecule has 0 unspecified atom stereocenters. The Morgan fingerprint density at radius 2 is 1.00 bits per heavy atom. The minimum Gasteiger partial charge on any atom is -0.458 e. The summed E-state index contributed by atoms with van der Waals surface area (Å²) in [6, 6.07) is 0. The van der Waals surface area contributed by atoms with E-state index < -0.39 is 206 Å². The van der Waals surface area contributed by atoms with Crippen LogP contribution in [-0.2, 0) is 94.9 Å². The molecule has 9 fully saturated rings. The van der Waals surface area contributed by atoms with Crippen molar-refractivity contribution in [3.8, 4) is 0 Å². The Morgan fingerprint density at radius 3 is 1.40 bits per heavy atom. The summed E-state index contributed by atoms with van der Waals surface area (Å²) in [6.45, 7) is 20.2. The lowest BCUT2D eigenvalue weighted by Gasteiger charge is -2.66. The van der Waals surface area contributed by atoms with Gasteiger partial charge in [0.25, 0.3) is 0 Å². The molecule has 6 saturated heterocycles. The van der Waals surface area contributed by atoms with Gasteiger partial charge in [-0.1, -0.05) is 44.9 Å². The minimum absolute atomic E-state index is 0.0857. The van der Waals surface area contributed by atoms with Crippen molar-refractivity contribution in [1.29, 1.82) is 0 Å². The van der Waals surface area contributed by atoms with Crippen LogP contribution in [0.15, 0.2) is 23.3 Å². The number of aliphatic hydroxyl groups excluding tert-OH is 4. The molecule has 0 bridgehead atoms. The van der Waals surface area contributed by atoms with Crippen LogP contribution in [0.25, 0.3) is 0 Å². The third-order valence-corrected chi connectivity index (χ3v) is 23.8. The molecule has 0 aromatic rings. The van der Waals surface area contributed by atoms with Gasteiger partial charge in [0.15, 0.2) is 37.7 Å². The van der Waals surface area contributed by atoms with E-state index >= 15 is 0 Å². The first kappa shape index (κ1) is 75.4. The number of Topliss-reactive ketones (excluding diaryl/α,β-unsaturated/α-hetero) is 1. The molecule has 4 aliphatic carbocycles. The van der Waals surface area contributed by atoms with Crippen LogP contribution in [0.4, 0.5) is 0 Å². The lowest BCUT2D eigenvalue weighted by Crippen LogP contribution is -2.75. The van der Waals surface area contributed by atoms with E-state index in [4.69, 9.17) is 85.3 Å². The van der Waals surface area contributed by atoms with Crippen molar-refractivity contribution in [2.24, 2.45) is 28.6 Å². The van der Waals surface area contributed by atoms with Crippen molar-refractivity contribution in [2.75, 3.05) is 42.2 Å². The number of allylic oxidation sites excluding steroid dienone is 1. The van der Waals surface area contributed by atoms with Crippen molar-refractivity contribution in [3.63, 3.8) is 0 Å². The molecule has 6 heterocycles. The Kier molecular flexibility index (Phi) is 24.4. The predicted octanol–water partition coefficient (Wildman–Crippen LogP) is 4.37. The van der Waals surface area contributed by atoms with Gasteiger partial charge in [-0.2, -0.15) is 0 Å². The average molecular weight is 1360 g/mol. The molecule has 0 spiro atoms. The maximum absolute atomic E-state index is 13.6. The van der Waals surface area contributed by atoms with Crippen LogP contribution in [0, 0.1) is 28.6 Å². The third kappa shape index (κ3) is 14.7. The molecule has 10 rings (SSSR count). The van der Waals surface area contributed by atoms with Crippen LogP contribution in [0.3, 0.4) is 0 Å². The SMILES string of the molecule is CO[C@H]1C[C@H](O[C@H]2CC[C@@]3(C)C(=CC[C@]4(O)[C@@H]3C[C@@H](OC(=O)/C=C(\C)C(C)C)[C@]3(C)[C@H](C(C)=O)CC[C@@]34O)C2)O[C@H](C)[C@H]1O[C@H]1C[C@H](OC)[C@H](O[C@H]2C[C@@H](OC)[C@H](O[C@H]3C[C@H](OC)[C@H](O[C@H]4C[C@@H](OC)[C@H](O[C@@H]5O[C@H](CO)[C@@H](O)[C@H](O)[C@H]5O)[C@@H](C)O4)[C@@H](C)O3)[C@@H](C)O2)[C@@H](C)O1. The second kappa shape index (κ2) is 30.7. The third-order valence-electron chi connectivity index (χ3n) is 23.8. The average Bonchev–Trinajstić information content (AvgIpc) is 1.63. The molecular formula is C69H112O26. The zero-order valence-corrected chi connectivity index (χ0v) is 58.5. The van der Waals surface area contributed by atoms with Gasteiger partial charge in [0.05, 0.1) is 73.8 Å². The zero-order chi connectivity index (χ0) is 69.0. The normalized spacial score (nSPS) is 49.7. The van der Waals surface area contributed by atoms with E-state index in [1.807, 2.05) is 55.4 Å². The summed E-state index contributed by atoms with van der Waals surface area (Å²) in [6.07, 6.45) is -11.6. The Hall–Kier alpha value is -2.30. The van der Waals surface area contributed by atoms with Crippen molar-refractivity contribution in [3.05, 3.63) is 23.3 Å². The molecule has 0 aromatic heterocycles. The molecule has 544 valence electrons. The molecule has 6 N–H and O–H groups in total. The minimum atomic E-state index is -1.68. The summed E-state index contributed by atoms with van der Waals surface area (Å²) in [4.78, 5) is 26.9. The summed E-state index contributed by atoms with van der Waals surface area (Å²) >= 11 is 0. The van der Waals surface area contributed by atoms with Crippen molar-refractivity contribution in [2.45, 2.75) is 330 Å². The van der Waals surface area contributed by atoms with Gasteiger partial charge in [0.1, 0.15) is 78.0 Å². The van der Waals surface area contributed by atoms with E-state index in [0.717, 1.165) is 11.1 Å². The zero-order valence-electron chi connectivity index (χ0n) is 58.5. The highest BCUT2D eigenvalue weighted by Crippen LogP contribution is 2.70. The molecule has 6 aliphatic heterocycles. The number of carbonyl (C=O) groups is 2. The molecule has 0 aromatic carbocycles. The molecule has 0 radical (unpaired) electrons. The Morgan fingerprint density at radius 1 is 0.579 bits per heavy atom. The number of rotatable bonds is 22. The topological polar surface area (TPSA) is 322 Å². The van der Waals surface area contributed by atoms with E-state index in [1.54, 1.807) is 35.4 Å². The molecule has 3 saturated carbocycles. The van der Waals surface area contributed by atoms with E-state index in [9.17, 15) is 40.2 Å². The first-order valence-electron chi connectivity index (χ1n) is 34.7. The van der Waals surface area contributed by atoms with Gasteiger partial charge in [0.2, 0.25) is 0 Å². The number of methoxy groups -OCH3 is 5. The smallest absolute Gasteiger partial charge is 0.330 e. The van der Waals surface area contributed by atoms with Gasteiger partial charge in [0, 0.05) is 91.0 Å². The van der Waals surface area contributed by atoms with Gasteiger partial charge < -0.3 is 116 Å². The molecule has 33 atom stereocenters. The number of ketones is 1. The largest absolute Gasteiger partial charge is 0.458 e. The monoisotopic (exact) mass is 1360 g/mol. The number of ether oxygens (including phenoxy) is 18. The Balaban J connectivity index is 0.697. The Labute approximate surface area is 559 Å². The number of esters is 1. The van der Waals surface area contributed by atoms with Crippen LogP contribution in [0.2, 0.25) is 0 Å². The van der Waals surface area contributed by atoms with E-state index in [0.29, 0.717) is 57.8 Å². The van der Waals surface area contributed by atoms with Gasteiger partial charge in [-0.15, -0.1) is 0 Å². The first-order chi connectivity index (χ1) is 45.0. The molecule has 0 amide bonds. The fourth-order valence-electron chi connectivity index (χ4n) is 17.9. The fraction of sp³-hybridized carbons (Fsp3) is 0.913. The first-order valence-corrected chi connectivity index (χ1v) is 34.7. The highest BCUT2D eigenvalue weighted by molar-refractivity contribution is 5.83. The Bertz CT molecular complexity index is 2630. The number of aliphatic hydroxyl groups is 6. The molecular weight excluding hydrogens is 1240 g/mol. The van der Waals surface area contributed by atoms with Crippen LogP contribution < -0.4 is 0 Å². The van der Waals surface area contributed by atoms with Gasteiger partial charge >= 0.3 is 5.97 Å². The lowest BCUT2D eigenvalue weighted by molar-refractivity contribution is -0.360. The highest BCUT2D eigenvalue weighted by atomic mass is 16.8. The maximum atomic E-state index is 13.6. The van der Waals surface area contributed by atoms with Crippen LogP contribution in [-0.4, -0.2) is 262 Å². The summed E-state index contributed by atoms with van der Waals surface area (Å²) in [5.41, 5.74) is -2.99. The molecule has 10 aliphatic rings. The summed E-state index contributed by atoms with van der Waals surface area (Å²) in [5, 5.41) is 67.0. The summed E-state index contributed by atoms with van der Waals surface area (Å²) < 4.78 is 114. The van der Waals surface area contributed by atoms with Gasteiger partial charge in [-0.05, 0) is 105 Å². The second-order valence-corrected chi connectivity index (χ2v) is 29.5. The molecule has 26 heteroatoms. The fourth-order valence-corrected chi connectivity index (χ4v) is 17.9. The quantitative estimate of drug-likeness (QED) is 0.0498. The van der Waals surface area contributed by atoms with E-state index in [1.165, 1.54) is 20.1 Å². The van der Waals surface area contributed by atoms with Gasteiger partial charge in [-0.3, -0.25) is 4.79 Å². The predicted molar refractivity (Wildman–Crippen MR) is 334 cm³/mol.